The molecule has 0 saturated carbocycles. The predicted octanol–water partition coefficient (Wildman–Crippen LogP) is 7.37. The van der Waals surface area contributed by atoms with E-state index < -0.39 is 0 Å². The molecule has 0 fully saturated rings. The summed E-state index contributed by atoms with van der Waals surface area (Å²) in [5, 5.41) is 3.98. The van der Waals surface area contributed by atoms with E-state index in [1.165, 1.54) is 66.5 Å². The van der Waals surface area contributed by atoms with E-state index in [-0.39, 0.29) is 0 Å². The number of nitrogens with zero attached hydrogens (tertiary/aromatic N) is 2. The van der Waals surface area contributed by atoms with Gasteiger partial charge in [-0.2, -0.15) is 8.80 Å². The van der Waals surface area contributed by atoms with Crippen LogP contribution in [-0.2, 0) is 0 Å². The van der Waals surface area contributed by atoms with E-state index in [1.807, 2.05) is 0 Å². The number of rotatable bonds is 2. The number of para-hydroxylation sites is 2. The van der Waals surface area contributed by atoms with Crippen LogP contribution in [0.1, 0.15) is 11.1 Å². The minimum Gasteiger partial charge on any atom is -0.187 e. The van der Waals surface area contributed by atoms with Crippen LogP contribution in [0.3, 0.4) is 0 Å². The SMILES string of the molecule is Cc1c(-c2ccccc2)n2c3ccccc3[n+]3c(-c4ccccc4)c(C)c4cccc1c4c23. The van der Waals surface area contributed by atoms with Crippen molar-refractivity contribution in [3.05, 3.63) is 114 Å². The van der Waals surface area contributed by atoms with Crippen LogP contribution in [0.2, 0.25) is 0 Å². The maximum atomic E-state index is 2.49. The van der Waals surface area contributed by atoms with Gasteiger partial charge >= 0.3 is 5.65 Å². The van der Waals surface area contributed by atoms with Crippen molar-refractivity contribution in [2.24, 2.45) is 0 Å². The van der Waals surface area contributed by atoms with Crippen molar-refractivity contribution in [2.75, 3.05) is 0 Å². The highest BCUT2D eigenvalue weighted by Gasteiger charge is 2.31. The van der Waals surface area contributed by atoms with E-state index in [0.717, 1.165) is 0 Å². The summed E-state index contributed by atoms with van der Waals surface area (Å²) in [7, 11) is 0. The second kappa shape index (κ2) is 6.66. The largest absolute Gasteiger partial charge is 0.301 e. The minimum atomic E-state index is 1.23. The molecular formula is C31H23N2+. The van der Waals surface area contributed by atoms with Crippen molar-refractivity contribution in [1.82, 2.24) is 4.40 Å². The molecule has 3 heterocycles. The molecule has 33 heavy (non-hydrogen) atoms. The summed E-state index contributed by atoms with van der Waals surface area (Å²) in [6.45, 7) is 4.54. The van der Waals surface area contributed by atoms with Gasteiger partial charge in [-0.3, -0.25) is 0 Å². The van der Waals surface area contributed by atoms with Crippen LogP contribution in [0.4, 0.5) is 0 Å². The van der Waals surface area contributed by atoms with Gasteiger partial charge in [0.2, 0.25) is 0 Å². The fraction of sp³-hybridized carbons (Fsp3) is 0.0645. The normalized spacial score (nSPS) is 11.9. The summed E-state index contributed by atoms with van der Waals surface area (Å²) in [5.74, 6) is 0. The molecule has 0 amide bonds. The molecule has 0 atom stereocenters. The summed E-state index contributed by atoms with van der Waals surface area (Å²) in [4.78, 5) is 0. The van der Waals surface area contributed by atoms with E-state index in [4.69, 9.17) is 0 Å². The molecule has 0 saturated heterocycles. The molecule has 156 valence electrons. The van der Waals surface area contributed by atoms with Gasteiger partial charge in [0.25, 0.3) is 0 Å². The molecule has 0 bridgehead atoms. The van der Waals surface area contributed by atoms with Gasteiger partial charge in [0.1, 0.15) is 11.4 Å². The average molecular weight is 424 g/mol. The molecule has 0 aliphatic heterocycles. The third kappa shape index (κ3) is 2.35. The van der Waals surface area contributed by atoms with Crippen LogP contribution in [-0.4, -0.2) is 4.40 Å². The molecule has 7 rings (SSSR count). The third-order valence-electron chi connectivity index (χ3n) is 7.14. The fourth-order valence-electron chi connectivity index (χ4n) is 5.74. The van der Waals surface area contributed by atoms with Crippen molar-refractivity contribution in [1.29, 1.82) is 0 Å². The number of hydrogen-bond acceptors (Lipinski definition) is 0. The van der Waals surface area contributed by atoms with Crippen LogP contribution in [0.5, 0.6) is 0 Å². The molecule has 0 aliphatic rings. The minimum absolute atomic E-state index is 1.23. The molecule has 7 aromatic rings. The Bertz CT molecular complexity index is 1680. The van der Waals surface area contributed by atoms with E-state index in [2.05, 4.69) is 126 Å². The average Bonchev–Trinajstić information content (AvgIpc) is 3.20. The highest BCUT2D eigenvalue weighted by atomic mass is 15.1. The third-order valence-corrected chi connectivity index (χ3v) is 7.14. The number of pyridine rings is 2. The van der Waals surface area contributed by atoms with Crippen molar-refractivity contribution < 1.29 is 4.40 Å². The number of hydrogen-bond donors (Lipinski definition) is 0. The van der Waals surface area contributed by atoms with Gasteiger partial charge in [-0.05, 0) is 36.8 Å². The number of aromatic nitrogens is 2. The quantitative estimate of drug-likeness (QED) is 0.257. The zero-order valence-corrected chi connectivity index (χ0v) is 18.7. The molecule has 0 aliphatic carbocycles. The summed E-state index contributed by atoms with van der Waals surface area (Å²) < 4.78 is 4.97. The van der Waals surface area contributed by atoms with Gasteiger partial charge in [0.15, 0.2) is 11.0 Å². The maximum Gasteiger partial charge on any atom is 0.301 e. The monoisotopic (exact) mass is 423 g/mol. The Labute approximate surface area is 192 Å². The Morgan fingerprint density at radius 1 is 0.576 bits per heavy atom. The Balaban J connectivity index is 1.86. The first-order valence-corrected chi connectivity index (χ1v) is 11.5. The number of fused-ring (bicyclic) bond motifs is 3. The molecule has 0 radical (unpaired) electrons. The Morgan fingerprint density at radius 2 is 1.18 bits per heavy atom. The Kier molecular flexibility index (Phi) is 3.72. The second-order valence-electron chi connectivity index (χ2n) is 8.89. The van der Waals surface area contributed by atoms with Gasteiger partial charge in [-0.1, -0.05) is 91.0 Å². The lowest BCUT2D eigenvalue weighted by Gasteiger charge is -2.15. The van der Waals surface area contributed by atoms with Crippen LogP contribution in [0, 0.1) is 13.8 Å². The fourth-order valence-corrected chi connectivity index (χ4v) is 5.74. The standard InChI is InChI=1S/C31H23N2/c1-20-24-16-11-17-25-21(2)30(23-14-7-4-8-15-23)33-27-19-10-9-18-26(27)32(31(33)28(24)25)29(20)22-12-5-3-6-13-22/h3-19H,1-2H3/q+1. The van der Waals surface area contributed by atoms with Gasteiger partial charge in [0, 0.05) is 22.3 Å². The summed E-state index contributed by atoms with van der Waals surface area (Å²) in [6.07, 6.45) is 0. The molecule has 0 N–H and O–H groups in total. The maximum absolute atomic E-state index is 2.49. The first-order chi connectivity index (χ1) is 16.3. The van der Waals surface area contributed by atoms with E-state index in [0.29, 0.717) is 0 Å². The predicted molar refractivity (Wildman–Crippen MR) is 137 cm³/mol. The zero-order valence-electron chi connectivity index (χ0n) is 18.7. The van der Waals surface area contributed by atoms with Crippen molar-refractivity contribution in [3.63, 3.8) is 0 Å². The highest BCUT2D eigenvalue weighted by Crippen LogP contribution is 2.40. The molecule has 0 spiro atoms. The molecule has 3 aromatic heterocycles. The molecular weight excluding hydrogens is 400 g/mol. The second-order valence-corrected chi connectivity index (χ2v) is 8.89. The lowest BCUT2D eigenvalue weighted by molar-refractivity contribution is -0.467. The summed E-state index contributed by atoms with van der Waals surface area (Å²) in [5.41, 5.74) is 11.3. The lowest BCUT2D eigenvalue weighted by Crippen LogP contribution is -2.26. The summed E-state index contributed by atoms with van der Waals surface area (Å²) >= 11 is 0. The van der Waals surface area contributed by atoms with E-state index in [9.17, 15) is 0 Å². The first-order valence-electron chi connectivity index (χ1n) is 11.5. The van der Waals surface area contributed by atoms with Gasteiger partial charge in [-0.15, -0.1) is 0 Å². The van der Waals surface area contributed by atoms with Crippen LogP contribution >= 0.6 is 0 Å². The lowest BCUT2D eigenvalue weighted by atomic mass is 9.94. The number of benzene rings is 4. The smallest absolute Gasteiger partial charge is 0.187 e. The first kappa shape index (κ1) is 18.4. The van der Waals surface area contributed by atoms with Crippen molar-refractivity contribution in [3.8, 4) is 22.5 Å². The Morgan fingerprint density at radius 3 is 1.91 bits per heavy atom. The van der Waals surface area contributed by atoms with E-state index >= 15 is 0 Å². The van der Waals surface area contributed by atoms with Crippen LogP contribution in [0.15, 0.2) is 103 Å². The van der Waals surface area contributed by atoms with Crippen molar-refractivity contribution in [2.45, 2.75) is 13.8 Å². The van der Waals surface area contributed by atoms with Gasteiger partial charge in [0.05, 0.1) is 5.39 Å². The highest BCUT2D eigenvalue weighted by molar-refractivity contribution is 6.13. The van der Waals surface area contributed by atoms with E-state index in [1.54, 1.807) is 0 Å². The summed E-state index contributed by atoms with van der Waals surface area (Å²) in [6, 6.07) is 37.2. The number of aryl methyl sites for hydroxylation is 2. The molecule has 2 nitrogen and oxygen atoms in total. The van der Waals surface area contributed by atoms with Crippen LogP contribution < -0.4 is 4.40 Å². The van der Waals surface area contributed by atoms with Crippen molar-refractivity contribution >= 4 is 32.8 Å². The topological polar surface area (TPSA) is 8.51 Å². The van der Waals surface area contributed by atoms with Gasteiger partial charge in [-0.25, -0.2) is 0 Å². The van der Waals surface area contributed by atoms with Gasteiger partial charge < -0.3 is 0 Å². The Hall–Kier alpha value is -4.17. The molecule has 2 heteroatoms. The molecule has 0 unspecified atom stereocenters. The van der Waals surface area contributed by atoms with Crippen LogP contribution in [0.25, 0.3) is 55.4 Å². The zero-order chi connectivity index (χ0) is 22.1. The number of imidazole rings is 1. The molecule has 4 aromatic carbocycles.